The second-order valence-corrected chi connectivity index (χ2v) is 3.32. The third-order valence-corrected chi connectivity index (χ3v) is 2.05. The Balaban J connectivity index is 2.91. The lowest BCUT2D eigenvalue weighted by Crippen LogP contribution is -2.23. The summed E-state index contributed by atoms with van der Waals surface area (Å²) in [7, 11) is 0. The van der Waals surface area contributed by atoms with Crippen LogP contribution < -0.4 is 4.74 Å². The number of carboxylic acids is 1. The van der Waals surface area contributed by atoms with E-state index in [2.05, 4.69) is 0 Å². The van der Waals surface area contributed by atoms with Gasteiger partial charge in [0.05, 0.1) is 0 Å². The number of ether oxygens (including phenoxy) is 1. The van der Waals surface area contributed by atoms with Gasteiger partial charge in [-0.25, -0.2) is 4.79 Å². The number of aliphatic carboxylic acids is 1. The van der Waals surface area contributed by atoms with Crippen molar-refractivity contribution in [3.63, 3.8) is 0 Å². The summed E-state index contributed by atoms with van der Waals surface area (Å²) >= 11 is 0. The Labute approximate surface area is 83.3 Å². The zero-order chi connectivity index (χ0) is 10.7. The van der Waals surface area contributed by atoms with Gasteiger partial charge in [-0.1, -0.05) is 18.2 Å². The molecule has 0 bridgehead atoms. The van der Waals surface area contributed by atoms with Crippen LogP contribution in [0.5, 0.6) is 5.75 Å². The van der Waals surface area contributed by atoms with Gasteiger partial charge in [-0.15, -0.1) is 0 Å². The predicted molar refractivity (Wildman–Crippen MR) is 53.6 cm³/mol. The van der Waals surface area contributed by atoms with E-state index in [1.807, 2.05) is 32.0 Å². The highest BCUT2D eigenvalue weighted by Gasteiger charge is 2.14. The van der Waals surface area contributed by atoms with E-state index in [-0.39, 0.29) is 0 Å². The summed E-state index contributed by atoms with van der Waals surface area (Å²) in [6.45, 7) is 5.32. The lowest BCUT2D eigenvalue weighted by molar-refractivity contribution is -0.144. The molecule has 1 N–H and O–H groups in total. The lowest BCUT2D eigenvalue weighted by Gasteiger charge is -2.14. The first-order chi connectivity index (χ1) is 6.52. The van der Waals surface area contributed by atoms with Crippen LogP contribution in [-0.2, 0) is 4.79 Å². The van der Waals surface area contributed by atoms with Crippen LogP contribution >= 0.6 is 0 Å². The van der Waals surface area contributed by atoms with E-state index in [0.717, 1.165) is 11.1 Å². The van der Waals surface area contributed by atoms with E-state index in [1.54, 1.807) is 0 Å². The second kappa shape index (κ2) is 4.13. The Morgan fingerprint density at radius 1 is 1.36 bits per heavy atom. The molecule has 1 rings (SSSR count). The van der Waals surface area contributed by atoms with Gasteiger partial charge in [0, 0.05) is 0 Å². The molecule has 1 aromatic rings. The van der Waals surface area contributed by atoms with Crippen LogP contribution in [0.25, 0.3) is 0 Å². The quantitative estimate of drug-likeness (QED) is 0.802. The summed E-state index contributed by atoms with van der Waals surface area (Å²) in [6.07, 6.45) is -0.810. The van der Waals surface area contributed by atoms with Crippen molar-refractivity contribution in [3.05, 3.63) is 29.3 Å². The molecule has 0 aliphatic carbocycles. The van der Waals surface area contributed by atoms with Crippen LogP contribution in [-0.4, -0.2) is 17.2 Å². The molecule has 0 fully saturated rings. The van der Waals surface area contributed by atoms with Gasteiger partial charge in [0.15, 0.2) is 6.10 Å². The third kappa shape index (κ3) is 2.25. The Hall–Kier alpha value is -1.51. The second-order valence-electron chi connectivity index (χ2n) is 3.32. The number of carboxylic acid groups (broad SMARTS) is 1. The summed E-state index contributed by atoms with van der Waals surface area (Å²) in [4.78, 5) is 10.6. The van der Waals surface area contributed by atoms with Gasteiger partial charge in [0.25, 0.3) is 0 Å². The number of benzene rings is 1. The van der Waals surface area contributed by atoms with Gasteiger partial charge in [0.1, 0.15) is 5.75 Å². The molecule has 1 unspecified atom stereocenters. The van der Waals surface area contributed by atoms with E-state index in [1.165, 1.54) is 6.92 Å². The normalized spacial score (nSPS) is 12.2. The molecule has 0 amide bonds. The van der Waals surface area contributed by atoms with E-state index in [0.29, 0.717) is 5.75 Å². The lowest BCUT2D eigenvalue weighted by atomic mass is 10.1. The molecule has 3 nitrogen and oxygen atoms in total. The topological polar surface area (TPSA) is 46.5 Å². The minimum Gasteiger partial charge on any atom is -0.479 e. The molecule has 0 saturated carbocycles. The van der Waals surface area contributed by atoms with Gasteiger partial charge < -0.3 is 9.84 Å². The van der Waals surface area contributed by atoms with Crippen LogP contribution in [0.4, 0.5) is 0 Å². The fourth-order valence-corrected chi connectivity index (χ4v) is 1.21. The van der Waals surface area contributed by atoms with Gasteiger partial charge in [-0.05, 0) is 31.9 Å². The molecule has 1 atom stereocenters. The molecule has 0 saturated heterocycles. The largest absolute Gasteiger partial charge is 0.479 e. The van der Waals surface area contributed by atoms with Crippen molar-refractivity contribution in [2.45, 2.75) is 26.9 Å². The van der Waals surface area contributed by atoms with Crippen molar-refractivity contribution < 1.29 is 14.6 Å². The number of para-hydroxylation sites is 1. The Morgan fingerprint density at radius 3 is 2.29 bits per heavy atom. The molecule has 1 aromatic carbocycles. The first-order valence-electron chi connectivity index (χ1n) is 4.48. The molecule has 76 valence electrons. The molecular formula is C11H14O3. The fourth-order valence-electron chi connectivity index (χ4n) is 1.21. The Morgan fingerprint density at radius 2 is 1.86 bits per heavy atom. The minimum absolute atomic E-state index is 0.669. The van der Waals surface area contributed by atoms with Gasteiger partial charge >= 0.3 is 5.97 Å². The molecule has 0 aliphatic heterocycles. The van der Waals surface area contributed by atoms with E-state index in [9.17, 15) is 4.79 Å². The summed E-state index contributed by atoms with van der Waals surface area (Å²) < 4.78 is 5.34. The maximum absolute atomic E-state index is 10.6. The van der Waals surface area contributed by atoms with E-state index in [4.69, 9.17) is 9.84 Å². The van der Waals surface area contributed by atoms with Crippen molar-refractivity contribution in [1.82, 2.24) is 0 Å². The SMILES string of the molecule is Cc1cccc(C)c1OC(C)C(=O)O. The van der Waals surface area contributed by atoms with E-state index >= 15 is 0 Å². The van der Waals surface area contributed by atoms with Gasteiger partial charge in [-0.3, -0.25) is 0 Å². The summed E-state index contributed by atoms with van der Waals surface area (Å²) in [5.74, 6) is -0.282. The highest BCUT2D eigenvalue weighted by Crippen LogP contribution is 2.23. The fraction of sp³-hybridized carbons (Fsp3) is 0.364. The Kier molecular flexibility index (Phi) is 3.12. The average Bonchev–Trinajstić information content (AvgIpc) is 2.11. The van der Waals surface area contributed by atoms with Crippen LogP contribution in [0.2, 0.25) is 0 Å². The van der Waals surface area contributed by atoms with Crippen LogP contribution in [0.3, 0.4) is 0 Å². The van der Waals surface area contributed by atoms with Crippen molar-refractivity contribution in [2.75, 3.05) is 0 Å². The standard InChI is InChI=1S/C11H14O3/c1-7-5-4-6-8(2)10(7)14-9(3)11(12)13/h4-6,9H,1-3H3,(H,12,13). The van der Waals surface area contributed by atoms with E-state index < -0.39 is 12.1 Å². The summed E-state index contributed by atoms with van der Waals surface area (Å²) in [6, 6.07) is 5.72. The number of rotatable bonds is 3. The molecule has 3 heteroatoms. The molecule has 14 heavy (non-hydrogen) atoms. The molecule has 0 heterocycles. The first kappa shape index (κ1) is 10.6. The number of hydrogen-bond donors (Lipinski definition) is 1. The minimum atomic E-state index is -0.951. The van der Waals surface area contributed by atoms with Crippen molar-refractivity contribution >= 4 is 5.97 Å². The van der Waals surface area contributed by atoms with Crippen LogP contribution in [0.1, 0.15) is 18.1 Å². The maximum Gasteiger partial charge on any atom is 0.344 e. The number of hydrogen-bond acceptors (Lipinski definition) is 2. The summed E-state index contributed by atoms with van der Waals surface area (Å²) in [5, 5.41) is 8.70. The van der Waals surface area contributed by atoms with Gasteiger partial charge in [-0.2, -0.15) is 0 Å². The predicted octanol–water partition coefficient (Wildman–Crippen LogP) is 2.16. The maximum atomic E-state index is 10.6. The summed E-state index contributed by atoms with van der Waals surface area (Å²) in [5.41, 5.74) is 1.91. The zero-order valence-electron chi connectivity index (χ0n) is 8.57. The molecule has 0 aliphatic rings. The van der Waals surface area contributed by atoms with Crippen LogP contribution in [0.15, 0.2) is 18.2 Å². The monoisotopic (exact) mass is 194 g/mol. The zero-order valence-corrected chi connectivity index (χ0v) is 8.57. The first-order valence-corrected chi connectivity index (χ1v) is 4.48. The number of aryl methyl sites for hydroxylation is 2. The van der Waals surface area contributed by atoms with Gasteiger partial charge in [0.2, 0.25) is 0 Å². The Bertz CT molecular complexity index is 324. The van der Waals surface area contributed by atoms with Crippen LogP contribution in [0, 0.1) is 13.8 Å². The molecule has 0 spiro atoms. The molecular weight excluding hydrogens is 180 g/mol. The highest BCUT2D eigenvalue weighted by molar-refractivity contribution is 5.72. The number of carbonyl (C=O) groups is 1. The molecule has 0 radical (unpaired) electrons. The average molecular weight is 194 g/mol. The highest BCUT2D eigenvalue weighted by atomic mass is 16.5. The third-order valence-electron chi connectivity index (χ3n) is 2.05. The van der Waals surface area contributed by atoms with Crippen molar-refractivity contribution in [1.29, 1.82) is 0 Å². The molecule has 0 aromatic heterocycles. The van der Waals surface area contributed by atoms with Crippen molar-refractivity contribution in [2.24, 2.45) is 0 Å². The smallest absolute Gasteiger partial charge is 0.344 e. The van der Waals surface area contributed by atoms with Crippen molar-refractivity contribution in [3.8, 4) is 5.75 Å².